The van der Waals surface area contributed by atoms with Crippen LogP contribution in [0.1, 0.15) is 29.4 Å². The lowest BCUT2D eigenvalue weighted by Gasteiger charge is -2.31. The number of amides is 1. The van der Waals surface area contributed by atoms with Gasteiger partial charge in [0.15, 0.2) is 6.10 Å². The number of halogens is 1. The fraction of sp³-hybridized carbons (Fsp3) is 0.538. The third-order valence-corrected chi connectivity index (χ3v) is 4.04. The zero-order valence-electron chi connectivity index (χ0n) is 10.8. The summed E-state index contributed by atoms with van der Waals surface area (Å²) in [4.78, 5) is 25.1. The predicted molar refractivity (Wildman–Crippen MR) is 73.7 cm³/mol. The van der Waals surface area contributed by atoms with Gasteiger partial charge in [-0.2, -0.15) is 0 Å². The molecule has 1 unspecified atom stereocenters. The average molecular weight is 343 g/mol. The minimum atomic E-state index is -1.03. The van der Waals surface area contributed by atoms with Gasteiger partial charge in [0.1, 0.15) is 5.69 Å². The van der Waals surface area contributed by atoms with E-state index < -0.39 is 12.1 Å². The number of carbonyl (C=O) groups excluding carboxylic acids is 1. The zero-order valence-corrected chi connectivity index (χ0v) is 12.4. The lowest BCUT2D eigenvalue weighted by molar-refractivity contribution is -0.154. The number of aromatic nitrogens is 1. The summed E-state index contributed by atoms with van der Waals surface area (Å²) in [7, 11) is 0. The van der Waals surface area contributed by atoms with Gasteiger partial charge < -0.3 is 19.3 Å². The fourth-order valence-electron chi connectivity index (χ4n) is 2.42. The first-order valence-electron chi connectivity index (χ1n) is 6.57. The van der Waals surface area contributed by atoms with Gasteiger partial charge in [-0.05, 0) is 34.8 Å². The molecule has 1 atom stereocenters. The number of carboxylic acids is 1. The standard InChI is InChI=1S/C13H15BrN2O4/c14-8-5-10(16(6-8)9-1-2-9)12(17)15-3-4-20-11(7-15)13(18)19/h5-6,9,11H,1-4,7H2,(H,18,19). The van der Waals surface area contributed by atoms with Gasteiger partial charge in [0, 0.05) is 23.3 Å². The Morgan fingerprint density at radius 2 is 2.15 bits per heavy atom. The first kappa shape index (κ1) is 13.6. The van der Waals surface area contributed by atoms with E-state index in [0.717, 1.165) is 17.3 Å². The predicted octanol–water partition coefficient (Wildman–Crippen LogP) is 1.51. The molecule has 1 amide bonds. The molecule has 20 heavy (non-hydrogen) atoms. The first-order valence-corrected chi connectivity index (χ1v) is 7.36. The van der Waals surface area contributed by atoms with Gasteiger partial charge in [0.2, 0.25) is 0 Å². The van der Waals surface area contributed by atoms with Crippen molar-refractivity contribution in [2.24, 2.45) is 0 Å². The smallest absolute Gasteiger partial charge is 0.334 e. The summed E-state index contributed by atoms with van der Waals surface area (Å²) in [5.41, 5.74) is 0.616. The van der Waals surface area contributed by atoms with E-state index in [0.29, 0.717) is 18.3 Å². The summed E-state index contributed by atoms with van der Waals surface area (Å²) in [6.45, 7) is 0.783. The number of carbonyl (C=O) groups is 2. The van der Waals surface area contributed by atoms with Crippen LogP contribution in [0.15, 0.2) is 16.7 Å². The van der Waals surface area contributed by atoms with Crippen molar-refractivity contribution < 1.29 is 19.4 Å². The fourth-order valence-corrected chi connectivity index (χ4v) is 2.85. The van der Waals surface area contributed by atoms with Crippen molar-refractivity contribution >= 4 is 27.8 Å². The Bertz CT molecular complexity index is 553. The second kappa shape index (κ2) is 5.21. The molecular formula is C13H15BrN2O4. The lowest BCUT2D eigenvalue weighted by Crippen LogP contribution is -2.48. The molecule has 7 heteroatoms. The summed E-state index contributed by atoms with van der Waals surface area (Å²) >= 11 is 3.40. The van der Waals surface area contributed by atoms with Crippen LogP contribution in [0, 0.1) is 0 Å². The van der Waals surface area contributed by atoms with E-state index in [1.54, 1.807) is 11.0 Å². The van der Waals surface area contributed by atoms with E-state index >= 15 is 0 Å². The molecule has 108 valence electrons. The normalized spacial score (nSPS) is 22.9. The first-order chi connectivity index (χ1) is 9.56. The maximum atomic E-state index is 12.6. The monoisotopic (exact) mass is 342 g/mol. The Hall–Kier alpha value is -1.34. The van der Waals surface area contributed by atoms with Gasteiger partial charge in [-0.15, -0.1) is 0 Å². The van der Waals surface area contributed by atoms with Gasteiger partial charge in [-0.25, -0.2) is 4.79 Å². The van der Waals surface area contributed by atoms with Crippen molar-refractivity contribution in [1.82, 2.24) is 9.47 Å². The molecule has 2 heterocycles. The van der Waals surface area contributed by atoms with Crippen LogP contribution in [0.25, 0.3) is 0 Å². The third kappa shape index (κ3) is 2.60. The lowest BCUT2D eigenvalue weighted by atomic mass is 10.2. The summed E-state index contributed by atoms with van der Waals surface area (Å²) in [5, 5.41) is 8.99. The van der Waals surface area contributed by atoms with Crippen LogP contribution in [0.4, 0.5) is 0 Å². The van der Waals surface area contributed by atoms with Crippen LogP contribution in [0.2, 0.25) is 0 Å². The van der Waals surface area contributed by atoms with E-state index in [1.165, 1.54) is 0 Å². The number of ether oxygens (including phenoxy) is 1. The third-order valence-electron chi connectivity index (χ3n) is 3.60. The summed E-state index contributed by atoms with van der Waals surface area (Å²) in [6.07, 6.45) is 3.16. The van der Waals surface area contributed by atoms with E-state index in [2.05, 4.69) is 15.9 Å². The highest BCUT2D eigenvalue weighted by Gasteiger charge is 2.33. The molecule has 0 spiro atoms. The van der Waals surface area contributed by atoms with Crippen molar-refractivity contribution in [3.8, 4) is 0 Å². The Balaban J connectivity index is 1.80. The minimum Gasteiger partial charge on any atom is -0.479 e. The molecule has 1 saturated carbocycles. The molecule has 0 radical (unpaired) electrons. The van der Waals surface area contributed by atoms with E-state index in [9.17, 15) is 9.59 Å². The zero-order chi connectivity index (χ0) is 14.3. The van der Waals surface area contributed by atoms with Crippen molar-refractivity contribution in [2.75, 3.05) is 19.7 Å². The highest BCUT2D eigenvalue weighted by molar-refractivity contribution is 9.10. The van der Waals surface area contributed by atoms with Crippen LogP contribution in [0.3, 0.4) is 0 Å². The van der Waals surface area contributed by atoms with Crippen molar-refractivity contribution in [3.63, 3.8) is 0 Å². The largest absolute Gasteiger partial charge is 0.479 e. The molecule has 2 fully saturated rings. The number of hydrogen-bond acceptors (Lipinski definition) is 3. The second-order valence-corrected chi connectivity index (χ2v) is 6.05. The molecule has 1 aliphatic heterocycles. The molecule has 0 aromatic carbocycles. The van der Waals surface area contributed by atoms with Crippen molar-refractivity contribution in [2.45, 2.75) is 25.0 Å². The molecule has 1 aromatic rings. The maximum absolute atomic E-state index is 12.6. The van der Waals surface area contributed by atoms with Gasteiger partial charge >= 0.3 is 5.97 Å². The summed E-state index contributed by atoms with van der Waals surface area (Å²) in [5.74, 6) is -1.15. The van der Waals surface area contributed by atoms with Crippen LogP contribution in [-0.2, 0) is 9.53 Å². The van der Waals surface area contributed by atoms with E-state index in [-0.39, 0.29) is 19.1 Å². The SMILES string of the molecule is O=C(O)C1CN(C(=O)c2cc(Br)cn2C2CC2)CCO1. The minimum absolute atomic E-state index is 0.0988. The molecular weight excluding hydrogens is 328 g/mol. The summed E-state index contributed by atoms with van der Waals surface area (Å²) in [6, 6.07) is 2.20. The Morgan fingerprint density at radius 1 is 1.40 bits per heavy atom. The number of carboxylic acid groups (broad SMARTS) is 1. The molecule has 6 nitrogen and oxygen atoms in total. The Morgan fingerprint density at radius 3 is 2.80 bits per heavy atom. The number of aliphatic carboxylic acids is 1. The summed E-state index contributed by atoms with van der Waals surface area (Å²) < 4.78 is 8.00. The molecule has 1 N–H and O–H groups in total. The van der Waals surface area contributed by atoms with Crippen molar-refractivity contribution in [3.05, 3.63) is 22.4 Å². The van der Waals surface area contributed by atoms with Gasteiger partial charge in [0.05, 0.1) is 13.2 Å². The van der Waals surface area contributed by atoms with Crippen LogP contribution in [-0.4, -0.2) is 52.3 Å². The van der Waals surface area contributed by atoms with E-state index in [4.69, 9.17) is 9.84 Å². The number of morpholine rings is 1. The van der Waals surface area contributed by atoms with Gasteiger partial charge in [-0.3, -0.25) is 4.79 Å². The molecule has 1 aromatic heterocycles. The molecule has 0 bridgehead atoms. The van der Waals surface area contributed by atoms with Crippen molar-refractivity contribution in [1.29, 1.82) is 0 Å². The molecule has 2 aliphatic rings. The second-order valence-electron chi connectivity index (χ2n) is 5.13. The quantitative estimate of drug-likeness (QED) is 0.903. The number of nitrogens with zero attached hydrogens (tertiary/aromatic N) is 2. The van der Waals surface area contributed by atoms with E-state index in [1.807, 2.05) is 10.8 Å². The van der Waals surface area contributed by atoms with Crippen LogP contribution >= 0.6 is 15.9 Å². The number of hydrogen-bond donors (Lipinski definition) is 1. The Labute approximate surface area is 124 Å². The Kier molecular flexibility index (Phi) is 3.55. The van der Waals surface area contributed by atoms with Crippen LogP contribution < -0.4 is 0 Å². The molecule has 1 saturated heterocycles. The average Bonchev–Trinajstić information content (AvgIpc) is 3.21. The molecule has 1 aliphatic carbocycles. The topological polar surface area (TPSA) is 71.8 Å². The van der Waals surface area contributed by atoms with Crippen LogP contribution in [0.5, 0.6) is 0 Å². The highest BCUT2D eigenvalue weighted by atomic mass is 79.9. The van der Waals surface area contributed by atoms with Gasteiger partial charge in [0.25, 0.3) is 5.91 Å². The number of rotatable bonds is 3. The molecule has 3 rings (SSSR count). The van der Waals surface area contributed by atoms with Gasteiger partial charge in [-0.1, -0.05) is 0 Å². The highest BCUT2D eigenvalue weighted by Crippen LogP contribution is 2.37. The maximum Gasteiger partial charge on any atom is 0.334 e.